The van der Waals surface area contributed by atoms with E-state index in [-0.39, 0.29) is 12.4 Å². The van der Waals surface area contributed by atoms with E-state index in [4.69, 9.17) is 0 Å². The molecular formula is C14H24ClN3OS. The van der Waals surface area contributed by atoms with Crippen LogP contribution in [-0.2, 0) is 11.3 Å². The van der Waals surface area contributed by atoms with Crippen molar-refractivity contribution in [3.05, 3.63) is 16.1 Å². The van der Waals surface area contributed by atoms with Crippen molar-refractivity contribution in [2.75, 3.05) is 26.2 Å². The average molecular weight is 318 g/mol. The van der Waals surface area contributed by atoms with Crippen LogP contribution >= 0.6 is 23.7 Å². The molecule has 0 bridgehead atoms. The first kappa shape index (κ1) is 17.4. The number of rotatable bonds is 5. The molecule has 1 aliphatic rings. The first-order valence-corrected chi connectivity index (χ1v) is 7.98. The highest BCUT2D eigenvalue weighted by atomic mass is 35.5. The molecule has 0 radical (unpaired) electrons. The van der Waals surface area contributed by atoms with E-state index < -0.39 is 0 Å². The Morgan fingerprint density at radius 1 is 1.35 bits per heavy atom. The van der Waals surface area contributed by atoms with Gasteiger partial charge >= 0.3 is 0 Å². The van der Waals surface area contributed by atoms with Crippen LogP contribution in [0.3, 0.4) is 0 Å². The second-order valence-corrected chi connectivity index (χ2v) is 6.09. The molecular weight excluding hydrogens is 294 g/mol. The molecule has 1 aromatic heterocycles. The number of nitrogens with zero attached hydrogens (tertiary/aromatic N) is 3. The molecule has 2 heterocycles. The van der Waals surface area contributed by atoms with Crippen molar-refractivity contribution >= 4 is 29.7 Å². The van der Waals surface area contributed by atoms with Gasteiger partial charge in [-0.15, -0.1) is 23.7 Å². The zero-order valence-corrected chi connectivity index (χ0v) is 13.9. The lowest BCUT2D eigenvalue weighted by atomic mass is 10.2. The highest BCUT2D eigenvalue weighted by molar-refractivity contribution is 7.09. The van der Waals surface area contributed by atoms with Gasteiger partial charge in [-0.2, -0.15) is 0 Å². The molecule has 0 atom stereocenters. The summed E-state index contributed by atoms with van der Waals surface area (Å²) in [6.45, 7) is 8.76. The van der Waals surface area contributed by atoms with Crippen molar-refractivity contribution in [2.45, 2.75) is 39.7 Å². The standard InChI is InChI=1S/C14H23N3OS.ClH/c1-3-4-5-14(18)17-8-6-16(7-9-17)10-13-15-12(2)11-19-13;/h11H,3-10H2,1-2H3;1H. The third kappa shape index (κ3) is 5.04. The molecule has 0 spiro atoms. The quantitative estimate of drug-likeness (QED) is 0.838. The number of thiazole rings is 1. The van der Waals surface area contributed by atoms with E-state index in [0.29, 0.717) is 12.3 Å². The molecule has 1 fully saturated rings. The maximum absolute atomic E-state index is 11.9. The van der Waals surface area contributed by atoms with Gasteiger partial charge in [-0.05, 0) is 13.3 Å². The minimum Gasteiger partial charge on any atom is -0.340 e. The van der Waals surface area contributed by atoms with Gasteiger partial charge in [-0.25, -0.2) is 4.98 Å². The van der Waals surface area contributed by atoms with Gasteiger partial charge in [0.1, 0.15) is 5.01 Å². The predicted molar refractivity (Wildman–Crippen MR) is 85.5 cm³/mol. The molecule has 1 amide bonds. The van der Waals surface area contributed by atoms with Crippen LogP contribution in [0.2, 0.25) is 0 Å². The van der Waals surface area contributed by atoms with Crippen LogP contribution in [0.1, 0.15) is 36.9 Å². The summed E-state index contributed by atoms with van der Waals surface area (Å²) >= 11 is 1.73. The smallest absolute Gasteiger partial charge is 0.222 e. The largest absolute Gasteiger partial charge is 0.340 e. The van der Waals surface area contributed by atoms with Crippen LogP contribution in [-0.4, -0.2) is 46.9 Å². The molecule has 20 heavy (non-hydrogen) atoms. The molecule has 2 rings (SSSR count). The second-order valence-electron chi connectivity index (χ2n) is 5.14. The molecule has 0 N–H and O–H groups in total. The number of halogens is 1. The van der Waals surface area contributed by atoms with Gasteiger partial charge in [-0.1, -0.05) is 13.3 Å². The monoisotopic (exact) mass is 317 g/mol. The van der Waals surface area contributed by atoms with E-state index in [1.807, 2.05) is 11.8 Å². The molecule has 1 saturated heterocycles. The van der Waals surface area contributed by atoms with Crippen molar-refractivity contribution in [3.63, 3.8) is 0 Å². The number of carbonyl (C=O) groups excluding carboxylic acids is 1. The summed E-state index contributed by atoms with van der Waals surface area (Å²) in [5.74, 6) is 0.326. The fraction of sp³-hybridized carbons (Fsp3) is 0.714. The van der Waals surface area contributed by atoms with Gasteiger partial charge in [0.15, 0.2) is 0 Å². The number of piperazine rings is 1. The Hall–Kier alpha value is -0.650. The van der Waals surface area contributed by atoms with Crippen LogP contribution in [0, 0.1) is 6.92 Å². The van der Waals surface area contributed by atoms with E-state index in [0.717, 1.165) is 51.3 Å². The van der Waals surface area contributed by atoms with E-state index in [2.05, 4.69) is 22.2 Å². The molecule has 1 aromatic rings. The minimum absolute atomic E-state index is 0. The normalized spacial score (nSPS) is 16.0. The lowest BCUT2D eigenvalue weighted by molar-refractivity contribution is -0.133. The van der Waals surface area contributed by atoms with Gasteiger partial charge in [0.25, 0.3) is 0 Å². The van der Waals surface area contributed by atoms with Crippen molar-refractivity contribution in [3.8, 4) is 0 Å². The summed E-state index contributed by atoms with van der Waals surface area (Å²) in [5.41, 5.74) is 1.10. The van der Waals surface area contributed by atoms with Gasteiger partial charge in [-0.3, -0.25) is 9.69 Å². The zero-order valence-electron chi connectivity index (χ0n) is 12.3. The molecule has 0 aliphatic carbocycles. The first-order valence-electron chi connectivity index (χ1n) is 7.10. The average Bonchev–Trinajstić information content (AvgIpc) is 2.82. The summed E-state index contributed by atoms with van der Waals surface area (Å²) in [5, 5.41) is 3.28. The molecule has 0 aromatic carbocycles. The maximum atomic E-state index is 11.9. The van der Waals surface area contributed by atoms with Gasteiger partial charge in [0.2, 0.25) is 5.91 Å². The molecule has 6 heteroatoms. The maximum Gasteiger partial charge on any atom is 0.222 e. The Balaban J connectivity index is 0.00000200. The number of hydrogen-bond donors (Lipinski definition) is 0. The van der Waals surface area contributed by atoms with E-state index in [9.17, 15) is 4.79 Å². The number of unbranched alkanes of at least 4 members (excludes halogenated alkanes) is 1. The second kappa shape index (κ2) is 8.60. The van der Waals surface area contributed by atoms with E-state index in [1.54, 1.807) is 11.3 Å². The number of amides is 1. The number of aromatic nitrogens is 1. The summed E-state index contributed by atoms with van der Waals surface area (Å²) in [4.78, 5) is 20.8. The van der Waals surface area contributed by atoms with Crippen LogP contribution in [0.5, 0.6) is 0 Å². The number of hydrogen-bond acceptors (Lipinski definition) is 4. The number of aryl methyl sites for hydroxylation is 1. The van der Waals surface area contributed by atoms with Crippen molar-refractivity contribution in [2.24, 2.45) is 0 Å². The van der Waals surface area contributed by atoms with Crippen molar-refractivity contribution in [1.82, 2.24) is 14.8 Å². The third-order valence-electron chi connectivity index (χ3n) is 3.49. The Bertz CT molecular complexity index is 416. The lowest BCUT2D eigenvalue weighted by Gasteiger charge is -2.34. The summed E-state index contributed by atoms with van der Waals surface area (Å²) in [6, 6.07) is 0. The molecule has 0 unspecified atom stereocenters. The van der Waals surface area contributed by atoms with Crippen LogP contribution in [0.4, 0.5) is 0 Å². The topological polar surface area (TPSA) is 36.4 Å². The highest BCUT2D eigenvalue weighted by Gasteiger charge is 2.21. The Kier molecular flexibility index (Phi) is 7.48. The third-order valence-corrected chi connectivity index (χ3v) is 4.45. The fourth-order valence-corrected chi connectivity index (χ4v) is 3.12. The van der Waals surface area contributed by atoms with Crippen molar-refractivity contribution < 1.29 is 4.79 Å². The Labute approximate surface area is 131 Å². The summed E-state index contributed by atoms with van der Waals surface area (Å²) in [7, 11) is 0. The van der Waals surface area contributed by atoms with Gasteiger partial charge in [0.05, 0.1) is 6.54 Å². The van der Waals surface area contributed by atoms with Crippen LogP contribution < -0.4 is 0 Å². The van der Waals surface area contributed by atoms with Gasteiger partial charge < -0.3 is 4.90 Å². The van der Waals surface area contributed by atoms with Gasteiger partial charge in [0, 0.05) is 43.7 Å². The van der Waals surface area contributed by atoms with Crippen LogP contribution in [0.15, 0.2) is 5.38 Å². The highest BCUT2D eigenvalue weighted by Crippen LogP contribution is 2.13. The Morgan fingerprint density at radius 2 is 2.05 bits per heavy atom. The zero-order chi connectivity index (χ0) is 13.7. The van der Waals surface area contributed by atoms with E-state index in [1.165, 1.54) is 5.01 Å². The molecule has 0 saturated carbocycles. The lowest BCUT2D eigenvalue weighted by Crippen LogP contribution is -2.48. The number of carbonyl (C=O) groups is 1. The van der Waals surface area contributed by atoms with Crippen molar-refractivity contribution in [1.29, 1.82) is 0 Å². The summed E-state index contributed by atoms with van der Waals surface area (Å²) < 4.78 is 0. The molecule has 4 nitrogen and oxygen atoms in total. The molecule has 1 aliphatic heterocycles. The fourth-order valence-electron chi connectivity index (χ4n) is 2.31. The van der Waals surface area contributed by atoms with E-state index >= 15 is 0 Å². The van der Waals surface area contributed by atoms with Crippen LogP contribution in [0.25, 0.3) is 0 Å². The predicted octanol–water partition coefficient (Wildman–Crippen LogP) is 2.71. The SMILES string of the molecule is CCCCC(=O)N1CCN(Cc2nc(C)cs2)CC1.Cl. The first-order chi connectivity index (χ1) is 9.19. The summed E-state index contributed by atoms with van der Waals surface area (Å²) in [6.07, 6.45) is 2.81. The molecule has 114 valence electrons. The Morgan fingerprint density at radius 3 is 2.60 bits per heavy atom. The minimum atomic E-state index is 0.